The molecule has 1 fully saturated rings. The van der Waals surface area contributed by atoms with Crippen LogP contribution in [0.15, 0.2) is 18.2 Å². The summed E-state index contributed by atoms with van der Waals surface area (Å²) in [6.07, 6.45) is 4.56. The molecule has 1 aliphatic rings. The molecular weight excluding hydrogens is 228 g/mol. The van der Waals surface area contributed by atoms with Crippen LogP contribution in [0.25, 0.3) is 0 Å². The molecule has 2 heteroatoms. The molecule has 0 aromatic heterocycles. The van der Waals surface area contributed by atoms with Crippen LogP contribution >= 0.6 is 11.8 Å². The Morgan fingerprint density at radius 2 is 1.76 bits per heavy atom. The first-order valence-corrected chi connectivity index (χ1v) is 7.57. The minimum Gasteiger partial charge on any atom is -0.392 e. The molecule has 1 saturated carbocycles. The second kappa shape index (κ2) is 5.92. The zero-order valence-electron chi connectivity index (χ0n) is 10.8. The molecule has 0 bridgehead atoms. The van der Waals surface area contributed by atoms with E-state index in [9.17, 15) is 5.11 Å². The molecule has 0 aliphatic heterocycles. The summed E-state index contributed by atoms with van der Waals surface area (Å²) in [6, 6.07) is 6.73. The summed E-state index contributed by atoms with van der Waals surface area (Å²) < 4.78 is 0. The van der Waals surface area contributed by atoms with Crippen molar-refractivity contribution in [3.8, 4) is 0 Å². The van der Waals surface area contributed by atoms with Gasteiger partial charge in [0.2, 0.25) is 0 Å². The van der Waals surface area contributed by atoms with Crippen LogP contribution in [0.1, 0.15) is 42.4 Å². The predicted octanol–water partition coefficient (Wildman–Crippen LogP) is 3.84. The lowest BCUT2D eigenvalue weighted by atomic mass is 9.97. The molecule has 2 rings (SSSR count). The Morgan fingerprint density at radius 3 is 2.41 bits per heavy atom. The van der Waals surface area contributed by atoms with Crippen LogP contribution in [0.3, 0.4) is 0 Å². The molecule has 0 saturated heterocycles. The Balaban J connectivity index is 1.92. The molecular formula is C15H22OS. The number of hydrogen-bond acceptors (Lipinski definition) is 2. The van der Waals surface area contributed by atoms with Gasteiger partial charge in [0.15, 0.2) is 0 Å². The highest BCUT2D eigenvalue weighted by molar-refractivity contribution is 7.99. The van der Waals surface area contributed by atoms with Crippen LogP contribution in [-0.2, 0) is 5.75 Å². The van der Waals surface area contributed by atoms with E-state index >= 15 is 0 Å². The third-order valence-electron chi connectivity index (χ3n) is 3.41. The van der Waals surface area contributed by atoms with Gasteiger partial charge >= 0.3 is 0 Å². The summed E-state index contributed by atoms with van der Waals surface area (Å²) in [6.45, 7) is 4.30. The molecule has 94 valence electrons. The Morgan fingerprint density at radius 1 is 1.12 bits per heavy atom. The molecule has 0 unspecified atom stereocenters. The average Bonchev–Trinajstić information content (AvgIpc) is 2.27. The van der Waals surface area contributed by atoms with Crippen LogP contribution in [0.4, 0.5) is 0 Å². The summed E-state index contributed by atoms with van der Waals surface area (Å²) >= 11 is 1.93. The van der Waals surface area contributed by atoms with Gasteiger partial charge in [-0.2, -0.15) is 11.8 Å². The first-order chi connectivity index (χ1) is 8.15. The number of hydrogen-bond donors (Lipinski definition) is 1. The molecule has 0 radical (unpaired) electrons. The van der Waals surface area contributed by atoms with E-state index in [1.807, 2.05) is 11.8 Å². The van der Waals surface area contributed by atoms with Crippen molar-refractivity contribution in [1.82, 2.24) is 0 Å². The van der Waals surface area contributed by atoms with Crippen molar-refractivity contribution in [2.45, 2.75) is 56.6 Å². The zero-order chi connectivity index (χ0) is 12.3. The van der Waals surface area contributed by atoms with E-state index in [1.54, 1.807) is 0 Å². The van der Waals surface area contributed by atoms with Gasteiger partial charge in [-0.25, -0.2) is 0 Å². The Kier molecular flexibility index (Phi) is 4.52. The zero-order valence-corrected chi connectivity index (χ0v) is 11.6. The Hall–Kier alpha value is -0.470. The number of benzene rings is 1. The van der Waals surface area contributed by atoms with E-state index in [-0.39, 0.29) is 6.10 Å². The smallest absolute Gasteiger partial charge is 0.0658 e. The molecule has 0 heterocycles. The molecule has 1 aromatic carbocycles. The van der Waals surface area contributed by atoms with Crippen molar-refractivity contribution >= 4 is 11.8 Å². The highest BCUT2D eigenvalue weighted by Gasteiger charge is 2.23. The topological polar surface area (TPSA) is 20.2 Å². The van der Waals surface area contributed by atoms with Crippen LogP contribution in [0.2, 0.25) is 0 Å². The molecule has 2 atom stereocenters. The van der Waals surface area contributed by atoms with E-state index in [4.69, 9.17) is 0 Å². The molecule has 1 aliphatic carbocycles. The van der Waals surface area contributed by atoms with Gasteiger partial charge < -0.3 is 5.11 Å². The SMILES string of the molecule is Cc1cc(C)cc(CS[C@H]2CCCC[C@@H]2O)c1. The second-order valence-electron chi connectivity index (χ2n) is 5.20. The quantitative estimate of drug-likeness (QED) is 0.879. The van der Waals surface area contributed by atoms with Gasteiger partial charge in [0.1, 0.15) is 0 Å². The number of aliphatic hydroxyl groups excluding tert-OH is 1. The third kappa shape index (κ3) is 3.75. The van der Waals surface area contributed by atoms with Crippen molar-refractivity contribution in [1.29, 1.82) is 0 Å². The molecule has 0 amide bonds. The monoisotopic (exact) mass is 250 g/mol. The highest BCUT2D eigenvalue weighted by Crippen LogP contribution is 2.31. The van der Waals surface area contributed by atoms with Crippen LogP contribution in [0.5, 0.6) is 0 Å². The maximum absolute atomic E-state index is 9.94. The molecule has 1 nitrogen and oxygen atoms in total. The second-order valence-corrected chi connectivity index (χ2v) is 6.42. The molecule has 17 heavy (non-hydrogen) atoms. The van der Waals surface area contributed by atoms with E-state index in [2.05, 4.69) is 32.0 Å². The van der Waals surface area contributed by atoms with Gasteiger partial charge in [-0.15, -0.1) is 0 Å². The third-order valence-corrected chi connectivity index (χ3v) is 4.89. The van der Waals surface area contributed by atoms with Crippen molar-refractivity contribution in [2.24, 2.45) is 0 Å². The summed E-state index contributed by atoms with van der Waals surface area (Å²) in [7, 11) is 0. The Labute approximate surface area is 109 Å². The largest absolute Gasteiger partial charge is 0.392 e. The first kappa shape index (κ1) is 13.0. The summed E-state index contributed by atoms with van der Waals surface area (Å²) in [5.41, 5.74) is 4.07. The number of thioether (sulfide) groups is 1. The van der Waals surface area contributed by atoms with E-state index < -0.39 is 0 Å². The maximum Gasteiger partial charge on any atom is 0.0658 e. The van der Waals surface area contributed by atoms with Crippen molar-refractivity contribution in [3.63, 3.8) is 0 Å². The summed E-state index contributed by atoms with van der Waals surface area (Å²) in [4.78, 5) is 0. The van der Waals surface area contributed by atoms with Crippen LogP contribution < -0.4 is 0 Å². The van der Waals surface area contributed by atoms with E-state index in [0.29, 0.717) is 5.25 Å². The average molecular weight is 250 g/mol. The van der Waals surface area contributed by atoms with Crippen molar-refractivity contribution in [3.05, 3.63) is 34.9 Å². The van der Waals surface area contributed by atoms with Crippen LogP contribution in [0, 0.1) is 13.8 Å². The minimum absolute atomic E-state index is 0.0837. The molecule has 1 aromatic rings. The van der Waals surface area contributed by atoms with Gasteiger partial charge in [-0.05, 0) is 32.3 Å². The van der Waals surface area contributed by atoms with Crippen molar-refractivity contribution < 1.29 is 5.11 Å². The summed E-state index contributed by atoms with van der Waals surface area (Å²) in [5.74, 6) is 1.03. The van der Waals surface area contributed by atoms with Gasteiger partial charge in [-0.1, -0.05) is 42.2 Å². The fourth-order valence-electron chi connectivity index (χ4n) is 2.63. The Bertz CT molecular complexity index is 355. The lowest BCUT2D eigenvalue weighted by Crippen LogP contribution is -2.26. The van der Waals surface area contributed by atoms with E-state index in [0.717, 1.165) is 12.2 Å². The first-order valence-electron chi connectivity index (χ1n) is 6.52. The minimum atomic E-state index is -0.0837. The lowest BCUT2D eigenvalue weighted by Gasteiger charge is -2.27. The predicted molar refractivity (Wildman–Crippen MR) is 75.5 cm³/mol. The fourth-order valence-corrected chi connectivity index (χ4v) is 3.89. The summed E-state index contributed by atoms with van der Waals surface area (Å²) in [5, 5.41) is 10.4. The molecule has 1 N–H and O–H groups in total. The molecule has 0 spiro atoms. The van der Waals surface area contributed by atoms with Gasteiger partial charge in [0, 0.05) is 11.0 Å². The number of rotatable bonds is 3. The van der Waals surface area contributed by atoms with E-state index in [1.165, 1.54) is 36.0 Å². The van der Waals surface area contributed by atoms with Gasteiger partial charge in [0.25, 0.3) is 0 Å². The number of aryl methyl sites for hydroxylation is 2. The fraction of sp³-hybridized carbons (Fsp3) is 0.600. The number of aliphatic hydroxyl groups is 1. The van der Waals surface area contributed by atoms with Crippen LogP contribution in [-0.4, -0.2) is 16.5 Å². The maximum atomic E-state index is 9.94. The lowest BCUT2D eigenvalue weighted by molar-refractivity contribution is 0.137. The highest BCUT2D eigenvalue weighted by atomic mass is 32.2. The van der Waals surface area contributed by atoms with Gasteiger partial charge in [0.05, 0.1) is 6.10 Å². The van der Waals surface area contributed by atoms with Gasteiger partial charge in [-0.3, -0.25) is 0 Å². The standard InChI is InChI=1S/C15H22OS/c1-11-7-12(2)9-13(8-11)10-17-15-6-4-3-5-14(15)16/h7-9,14-16H,3-6,10H2,1-2H3/t14-,15-/m0/s1. The van der Waals surface area contributed by atoms with Crippen molar-refractivity contribution in [2.75, 3.05) is 0 Å². The normalized spacial score (nSPS) is 24.9.